The summed E-state index contributed by atoms with van der Waals surface area (Å²) in [5.74, 6) is 0. The van der Waals surface area contributed by atoms with Gasteiger partial charge in [-0.15, -0.1) is 0 Å². The molecule has 0 radical (unpaired) electrons. The predicted octanol–water partition coefficient (Wildman–Crippen LogP) is 16.9. The zero-order valence-corrected chi connectivity index (χ0v) is 35.2. The molecule has 0 bridgehead atoms. The molecule has 64 heavy (non-hydrogen) atoms. The molecule has 11 rings (SSSR count). The molecule has 0 fully saturated rings. The molecule has 0 aliphatic rings. The van der Waals surface area contributed by atoms with Gasteiger partial charge in [-0.1, -0.05) is 146 Å². The molecule has 4 nitrogen and oxygen atoms in total. The SMILES string of the molecule is c1ccc(N(c2ccccc2)c2cccc(N(c3cccc(-c4cccc5c4c4ccccc4n5-c4ccccc4)c3)c3cccc(N(c4ccccc4)c4ccccc4)c3)c2)cc1. The minimum atomic E-state index is 1.04. The lowest BCUT2D eigenvalue weighted by Crippen LogP contribution is -2.14. The summed E-state index contributed by atoms with van der Waals surface area (Å²) in [5, 5.41) is 2.46. The fraction of sp³-hybridized carbons (Fsp3) is 0. The Hall–Kier alpha value is -8.60. The lowest BCUT2D eigenvalue weighted by Gasteiger charge is -2.31. The highest BCUT2D eigenvalue weighted by atomic mass is 15.2. The molecular weight excluding hydrogens is 777 g/mol. The molecular formula is C60H44N4. The summed E-state index contributed by atoms with van der Waals surface area (Å²) in [6.45, 7) is 0. The van der Waals surface area contributed by atoms with E-state index < -0.39 is 0 Å². The third-order valence-corrected chi connectivity index (χ3v) is 11.9. The van der Waals surface area contributed by atoms with Crippen LogP contribution in [0.4, 0.5) is 51.2 Å². The summed E-state index contributed by atoms with van der Waals surface area (Å²) in [4.78, 5) is 7.04. The zero-order chi connectivity index (χ0) is 42.7. The highest BCUT2D eigenvalue weighted by Gasteiger charge is 2.21. The van der Waals surface area contributed by atoms with Gasteiger partial charge in [-0.25, -0.2) is 0 Å². The molecule has 0 aliphatic heterocycles. The van der Waals surface area contributed by atoms with Crippen molar-refractivity contribution in [1.82, 2.24) is 4.57 Å². The summed E-state index contributed by atoms with van der Waals surface area (Å²) in [7, 11) is 0. The van der Waals surface area contributed by atoms with Crippen molar-refractivity contribution in [3.8, 4) is 16.8 Å². The van der Waals surface area contributed by atoms with Crippen molar-refractivity contribution in [1.29, 1.82) is 0 Å². The van der Waals surface area contributed by atoms with Crippen LogP contribution in [0.3, 0.4) is 0 Å². The Morgan fingerprint density at radius 3 is 1.08 bits per heavy atom. The summed E-state index contributed by atoms with van der Waals surface area (Å²) in [6.07, 6.45) is 0. The number of aromatic nitrogens is 1. The van der Waals surface area contributed by atoms with Gasteiger partial charge >= 0.3 is 0 Å². The average Bonchev–Trinajstić information content (AvgIpc) is 3.71. The summed E-state index contributed by atoms with van der Waals surface area (Å²) < 4.78 is 2.39. The second-order valence-corrected chi connectivity index (χ2v) is 15.8. The van der Waals surface area contributed by atoms with Gasteiger partial charge in [0.25, 0.3) is 0 Å². The van der Waals surface area contributed by atoms with Crippen LogP contribution in [-0.4, -0.2) is 4.57 Å². The summed E-state index contributed by atoms with van der Waals surface area (Å²) in [5.41, 5.74) is 15.4. The van der Waals surface area contributed by atoms with E-state index in [4.69, 9.17) is 0 Å². The second-order valence-electron chi connectivity index (χ2n) is 15.8. The molecule has 0 atom stereocenters. The van der Waals surface area contributed by atoms with Crippen LogP contribution >= 0.6 is 0 Å². The van der Waals surface area contributed by atoms with Gasteiger partial charge < -0.3 is 19.3 Å². The number of fused-ring (bicyclic) bond motifs is 3. The van der Waals surface area contributed by atoms with Crippen molar-refractivity contribution in [2.45, 2.75) is 0 Å². The molecule has 1 heterocycles. The maximum Gasteiger partial charge on any atom is 0.0547 e. The number of hydrogen-bond donors (Lipinski definition) is 0. The van der Waals surface area contributed by atoms with Crippen LogP contribution in [0.2, 0.25) is 0 Å². The highest BCUT2D eigenvalue weighted by Crippen LogP contribution is 2.45. The minimum absolute atomic E-state index is 1.04. The van der Waals surface area contributed by atoms with Gasteiger partial charge in [0.05, 0.1) is 11.0 Å². The standard InChI is InChI=1S/C60H44N4/c1-6-23-46(24-7-1)61(47-25-8-2-9-26-47)52-34-19-36-54(43-52)63(55-37-20-35-53(44-55)62(48-27-10-3-11-28-48)49-29-12-4-13-30-49)51-33-18-22-45(42-51)56-39-21-41-59-60(56)57-38-16-17-40-58(57)64(59)50-31-14-5-15-32-50/h1-44H. The Kier molecular flexibility index (Phi) is 10.2. The largest absolute Gasteiger partial charge is 0.310 e. The van der Waals surface area contributed by atoms with Crippen LogP contribution in [0.15, 0.2) is 267 Å². The van der Waals surface area contributed by atoms with E-state index in [0.29, 0.717) is 0 Å². The van der Waals surface area contributed by atoms with Gasteiger partial charge in [-0.05, 0) is 132 Å². The molecule has 0 aliphatic carbocycles. The molecule has 0 spiro atoms. The van der Waals surface area contributed by atoms with Crippen molar-refractivity contribution < 1.29 is 0 Å². The molecule has 10 aromatic carbocycles. The Morgan fingerprint density at radius 2 is 0.594 bits per heavy atom. The van der Waals surface area contributed by atoms with E-state index in [1.807, 2.05) is 0 Å². The summed E-state index contributed by atoms with van der Waals surface area (Å²) in [6, 6.07) is 95.4. The van der Waals surface area contributed by atoms with Crippen molar-refractivity contribution >= 4 is 73.0 Å². The van der Waals surface area contributed by atoms with Gasteiger partial charge in [-0.3, -0.25) is 0 Å². The minimum Gasteiger partial charge on any atom is -0.310 e. The summed E-state index contributed by atoms with van der Waals surface area (Å²) >= 11 is 0. The number of benzene rings is 10. The van der Waals surface area contributed by atoms with Crippen LogP contribution < -0.4 is 14.7 Å². The first-order valence-electron chi connectivity index (χ1n) is 21.8. The first-order valence-corrected chi connectivity index (χ1v) is 21.8. The third kappa shape index (κ3) is 7.23. The molecule has 0 saturated heterocycles. The van der Waals surface area contributed by atoms with Crippen LogP contribution in [0, 0.1) is 0 Å². The zero-order valence-electron chi connectivity index (χ0n) is 35.2. The van der Waals surface area contributed by atoms with E-state index >= 15 is 0 Å². The molecule has 0 amide bonds. The van der Waals surface area contributed by atoms with E-state index in [0.717, 1.165) is 62.4 Å². The lowest BCUT2D eigenvalue weighted by molar-refractivity contribution is 1.18. The van der Waals surface area contributed by atoms with Crippen LogP contribution in [-0.2, 0) is 0 Å². The van der Waals surface area contributed by atoms with E-state index in [9.17, 15) is 0 Å². The second kappa shape index (κ2) is 17.0. The Morgan fingerprint density at radius 1 is 0.250 bits per heavy atom. The number of para-hydroxylation sites is 6. The topological polar surface area (TPSA) is 14.7 Å². The number of hydrogen-bond acceptors (Lipinski definition) is 3. The quantitative estimate of drug-likeness (QED) is 0.129. The van der Waals surface area contributed by atoms with Gasteiger partial charge in [0.2, 0.25) is 0 Å². The number of rotatable bonds is 11. The molecule has 0 unspecified atom stereocenters. The maximum absolute atomic E-state index is 2.40. The Bertz CT molecular complexity index is 3120. The molecule has 304 valence electrons. The molecule has 11 aromatic rings. The van der Waals surface area contributed by atoms with E-state index in [2.05, 4.69) is 286 Å². The normalized spacial score (nSPS) is 11.1. The monoisotopic (exact) mass is 820 g/mol. The first-order chi connectivity index (χ1) is 31.8. The molecule has 4 heteroatoms. The van der Waals surface area contributed by atoms with Gasteiger partial charge in [0.1, 0.15) is 0 Å². The average molecular weight is 821 g/mol. The van der Waals surface area contributed by atoms with E-state index in [-0.39, 0.29) is 0 Å². The van der Waals surface area contributed by atoms with Crippen LogP contribution in [0.5, 0.6) is 0 Å². The van der Waals surface area contributed by atoms with Gasteiger partial charge in [0.15, 0.2) is 0 Å². The predicted molar refractivity (Wildman–Crippen MR) is 270 cm³/mol. The maximum atomic E-state index is 2.40. The first kappa shape index (κ1) is 38.3. The molecule has 0 saturated carbocycles. The fourth-order valence-electron chi connectivity index (χ4n) is 9.12. The van der Waals surface area contributed by atoms with E-state index in [1.54, 1.807) is 0 Å². The van der Waals surface area contributed by atoms with Crippen molar-refractivity contribution in [3.05, 3.63) is 267 Å². The van der Waals surface area contributed by atoms with Crippen molar-refractivity contribution in [3.63, 3.8) is 0 Å². The highest BCUT2D eigenvalue weighted by molar-refractivity contribution is 6.16. The van der Waals surface area contributed by atoms with Crippen LogP contribution in [0.25, 0.3) is 38.6 Å². The van der Waals surface area contributed by atoms with Gasteiger partial charge in [-0.2, -0.15) is 0 Å². The van der Waals surface area contributed by atoms with Crippen molar-refractivity contribution in [2.75, 3.05) is 14.7 Å². The van der Waals surface area contributed by atoms with E-state index in [1.165, 1.54) is 27.4 Å². The number of nitrogens with zero attached hydrogens (tertiary/aromatic N) is 4. The Balaban J connectivity index is 1.11. The van der Waals surface area contributed by atoms with Gasteiger partial charge in [0, 0.05) is 67.6 Å². The molecule has 0 N–H and O–H groups in total. The third-order valence-electron chi connectivity index (χ3n) is 11.9. The Labute approximate surface area is 374 Å². The fourth-order valence-corrected chi connectivity index (χ4v) is 9.12. The number of anilines is 9. The lowest BCUT2D eigenvalue weighted by atomic mass is 9.98. The van der Waals surface area contributed by atoms with Crippen molar-refractivity contribution in [2.24, 2.45) is 0 Å². The van der Waals surface area contributed by atoms with Crippen LogP contribution in [0.1, 0.15) is 0 Å². The molecule has 1 aromatic heterocycles. The smallest absolute Gasteiger partial charge is 0.0547 e.